The highest BCUT2D eigenvalue weighted by Gasteiger charge is 2.26. The first-order valence-corrected chi connectivity index (χ1v) is 10.1. The molecule has 1 aromatic heterocycles. The molecule has 1 heterocycles. The Hall–Kier alpha value is -3.04. The summed E-state index contributed by atoms with van der Waals surface area (Å²) in [6.07, 6.45) is 2.29. The summed E-state index contributed by atoms with van der Waals surface area (Å²) in [7, 11) is -2.07. The van der Waals surface area contributed by atoms with Crippen molar-refractivity contribution in [3.63, 3.8) is 0 Å². The third-order valence-electron chi connectivity index (χ3n) is 4.29. The lowest BCUT2D eigenvalue weighted by molar-refractivity contribution is -0.384. The molecule has 146 valence electrons. The molecular formula is C19H20N4O4S. The number of sulfonamides is 1. The molecule has 0 aliphatic carbocycles. The number of nitro groups is 1. The second-order valence-electron chi connectivity index (χ2n) is 6.31. The molecule has 0 N–H and O–H groups in total. The van der Waals surface area contributed by atoms with Crippen LogP contribution in [0.15, 0.2) is 71.8 Å². The van der Waals surface area contributed by atoms with Gasteiger partial charge in [0.05, 0.1) is 22.1 Å². The molecule has 28 heavy (non-hydrogen) atoms. The molecule has 0 amide bonds. The summed E-state index contributed by atoms with van der Waals surface area (Å²) in [5.74, 6) is 0. The maximum absolute atomic E-state index is 13.2. The van der Waals surface area contributed by atoms with Gasteiger partial charge in [0.15, 0.2) is 0 Å². The Morgan fingerprint density at radius 2 is 1.75 bits per heavy atom. The van der Waals surface area contributed by atoms with Crippen molar-refractivity contribution in [2.24, 2.45) is 7.05 Å². The lowest BCUT2D eigenvalue weighted by atomic mass is 10.1. The number of non-ortho nitro benzene ring substituents is 1. The lowest BCUT2D eigenvalue weighted by Crippen LogP contribution is -2.32. The largest absolute Gasteiger partial charge is 0.276 e. The number of nitrogens with zero attached hydrogens (tertiary/aromatic N) is 4. The van der Waals surface area contributed by atoms with Crippen molar-refractivity contribution >= 4 is 15.7 Å². The van der Waals surface area contributed by atoms with Gasteiger partial charge in [-0.05, 0) is 30.2 Å². The van der Waals surface area contributed by atoms with Crippen molar-refractivity contribution in [3.05, 3.63) is 88.2 Å². The van der Waals surface area contributed by atoms with E-state index < -0.39 is 14.9 Å². The Morgan fingerprint density at radius 1 is 1.07 bits per heavy atom. The second-order valence-corrected chi connectivity index (χ2v) is 8.24. The molecule has 0 spiro atoms. The highest BCUT2D eigenvalue weighted by atomic mass is 32.2. The molecule has 0 radical (unpaired) electrons. The van der Waals surface area contributed by atoms with Crippen LogP contribution in [0.1, 0.15) is 11.3 Å². The maximum atomic E-state index is 13.2. The normalized spacial score (nSPS) is 11.6. The second kappa shape index (κ2) is 8.32. The van der Waals surface area contributed by atoms with Crippen molar-refractivity contribution in [1.29, 1.82) is 0 Å². The van der Waals surface area contributed by atoms with Crippen LogP contribution in [0.2, 0.25) is 0 Å². The van der Waals surface area contributed by atoms with Gasteiger partial charge in [-0.25, -0.2) is 8.42 Å². The Balaban J connectivity index is 1.87. The fraction of sp³-hybridized carbons (Fsp3) is 0.211. The number of rotatable bonds is 8. The first-order chi connectivity index (χ1) is 13.4. The van der Waals surface area contributed by atoms with Crippen molar-refractivity contribution < 1.29 is 13.3 Å². The molecule has 0 saturated carbocycles. The first kappa shape index (κ1) is 19.7. The van der Waals surface area contributed by atoms with Crippen LogP contribution in [0.3, 0.4) is 0 Å². The average Bonchev–Trinajstić information content (AvgIpc) is 3.10. The van der Waals surface area contributed by atoms with Crippen LogP contribution in [0.25, 0.3) is 0 Å². The molecule has 0 unspecified atom stereocenters. The molecule has 0 aliphatic rings. The molecule has 0 fully saturated rings. The molecule has 3 aromatic rings. The summed E-state index contributed by atoms with van der Waals surface area (Å²) in [4.78, 5) is 10.3. The van der Waals surface area contributed by atoms with E-state index in [-0.39, 0.29) is 23.7 Å². The quantitative estimate of drug-likeness (QED) is 0.428. The SMILES string of the molecule is Cn1ccc(CN(CCc2ccccc2)S(=O)(=O)c2ccc([N+](=O)[O-])cc2)n1. The van der Waals surface area contributed by atoms with Crippen LogP contribution in [-0.4, -0.2) is 34.0 Å². The van der Waals surface area contributed by atoms with Crippen molar-refractivity contribution in [1.82, 2.24) is 14.1 Å². The van der Waals surface area contributed by atoms with Gasteiger partial charge < -0.3 is 0 Å². The molecule has 2 aromatic carbocycles. The standard InChI is InChI=1S/C19H20N4O4S/c1-21-13-12-17(20-21)15-22(14-11-16-5-3-2-4-6-16)28(26,27)19-9-7-18(8-10-19)23(24)25/h2-10,12-13H,11,14-15H2,1H3. The molecular weight excluding hydrogens is 380 g/mol. The molecule has 0 bridgehead atoms. The fourth-order valence-electron chi connectivity index (χ4n) is 2.80. The van der Waals surface area contributed by atoms with Gasteiger partial charge in [0.1, 0.15) is 0 Å². The number of nitro benzene ring substituents is 1. The molecule has 9 heteroatoms. The monoisotopic (exact) mass is 400 g/mol. The zero-order valence-corrected chi connectivity index (χ0v) is 16.1. The summed E-state index contributed by atoms with van der Waals surface area (Å²) in [5, 5.41) is 15.1. The zero-order valence-electron chi connectivity index (χ0n) is 15.3. The summed E-state index contributed by atoms with van der Waals surface area (Å²) in [5.41, 5.74) is 1.49. The Morgan fingerprint density at radius 3 is 2.32 bits per heavy atom. The van der Waals surface area contributed by atoms with E-state index in [2.05, 4.69) is 5.10 Å². The molecule has 3 rings (SSSR count). The maximum Gasteiger partial charge on any atom is 0.269 e. The number of hydrogen-bond acceptors (Lipinski definition) is 5. The molecule has 0 saturated heterocycles. The van der Waals surface area contributed by atoms with Crippen molar-refractivity contribution in [3.8, 4) is 0 Å². The van der Waals surface area contributed by atoms with Crippen molar-refractivity contribution in [2.45, 2.75) is 17.9 Å². The highest BCUT2D eigenvalue weighted by molar-refractivity contribution is 7.89. The number of benzene rings is 2. The van der Waals surface area contributed by atoms with Crippen molar-refractivity contribution in [2.75, 3.05) is 6.54 Å². The van der Waals surface area contributed by atoms with Crippen LogP contribution in [-0.2, 0) is 30.0 Å². The Bertz CT molecular complexity index is 1050. The Labute approximate surface area is 163 Å². The van der Waals surface area contributed by atoms with Crippen LogP contribution >= 0.6 is 0 Å². The van der Waals surface area contributed by atoms with E-state index in [1.54, 1.807) is 24.0 Å². The van der Waals surface area contributed by atoms with E-state index in [0.29, 0.717) is 12.1 Å². The van der Waals surface area contributed by atoms with E-state index in [4.69, 9.17) is 0 Å². The smallest absolute Gasteiger partial charge is 0.269 e. The fourth-order valence-corrected chi connectivity index (χ4v) is 4.21. The minimum Gasteiger partial charge on any atom is -0.276 e. The van der Waals surface area contributed by atoms with Gasteiger partial charge in [0.25, 0.3) is 5.69 Å². The van der Waals surface area contributed by atoms with Gasteiger partial charge in [-0.2, -0.15) is 9.40 Å². The van der Waals surface area contributed by atoms with Gasteiger partial charge >= 0.3 is 0 Å². The topological polar surface area (TPSA) is 98.3 Å². The van der Waals surface area contributed by atoms with E-state index in [0.717, 1.165) is 5.56 Å². The van der Waals surface area contributed by atoms with E-state index in [1.165, 1.54) is 28.6 Å². The van der Waals surface area contributed by atoms with Gasteiger partial charge in [-0.15, -0.1) is 0 Å². The van der Waals surface area contributed by atoms with Crippen LogP contribution in [0.5, 0.6) is 0 Å². The summed E-state index contributed by atoms with van der Waals surface area (Å²) >= 11 is 0. The minimum atomic E-state index is -3.84. The number of aromatic nitrogens is 2. The van der Waals surface area contributed by atoms with E-state index >= 15 is 0 Å². The summed E-state index contributed by atoms with van der Waals surface area (Å²) in [6.45, 7) is 0.382. The predicted octanol–water partition coefficient (Wildman–Crippen LogP) is 2.76. The molecule has 0 aliphatic heterocycles. The first-order valence-electron chi connectivity index (χ1n) is 8.63. The zero-order chi connectivity index (χ0) is 20.1. The van der Waals surface area contributed by atoms with E-state index in [1.807, 2.05) is 30.3 Å². The lowest BCUT2D eigenvalue weighted by Gasteiger charge is -2.21. The van der Waals surface area contributed by atoms with Crippen LogP contribution in [0, 0.1) is 10.1 Å². The Kier molecular flexibility index (Phi) is 5.86. The van der Waals surface area contributed by atoms with Gasteiger partial charge in [-0.3, -0.25) is 14.8 Å². The highest BCUT2D eigenvalue weighted by Crippen LogP contribution is 2.21. The number of aryl methyl sites for hydroxylation is 1. The molecule has 8 nitrogen and oxygen atoms in total. The number of hydrogen-bond donors (Lipinski definition) is 0. The van der Waals surface area contributed by atoms with Crippen LogP contribution < -0.4 is 0 Å². The minimum absolute atomic E-state index is 0.0158. The predicted molar refractivity (Wildman–Crippen MR) is 104 cm³/mol. The average molecular weight is 400 g/mol. The summed E-state index contributed by atoms with van der Waals surface area (Å²) in [6, 6.07) is 16.3. The molecule has 0 atom stereocenters. The van der Waals surface area contributed by atoms with Gasteiger partial charge in [-0.1, -0.05) is 30.3 Å². The van der Waals surface area contributed by atoms with Gasteiger partial charge in [0.2, 0.25) is 10.0 Å². The third-order valence-corrected chi connectivity index (χ3v) is 6.14. The van der Waals surface area contributed by atoms with Crippen LogP contribution in [0.4, 0.5) is 5.69 Å². The summed E-state index contributed by atoms with van der Waals surface area (Å²) < 4.78 is 29.3. The van der Waals surface area contributed by atoms with Gasteiger partial charge in [0, 0.05) is 31.9 Å². The third kappa shape index (κ3) is 4.62. The van der Waals surface area contributed by atoms with E-state index in [9.17, 15) is 18.5 Å².